The van der Waals surface area contributed by atoms with Crippen molar-refractivity contribution in [1.29, 1.82) is 0 Å². The van der Waals surface area contributed by atoms with Gasteiger partial charge in [0.05, 0.1) is 12.5 Å². The molecule has 0 radical (unpaired) electrons. The van der Waals surface area contributed by atoms with Crippen LogP contribution in [0, 0.1) is 17.0 Å². The number of aliphatic hydroxyl groups excluding tert-OH is 1. The van der Waals surface area contributed by atoms with E-state index in [1.807, 2.05) is 12.1 Å². The maximum atomic E-state index is 15.4. The lowest BCUT2D eigenvalue weighted by Crippen LogP contribution is -2.56. The number of hydrogen-bond acceptors (Lipinski definition) is 13. The van der Waals surface area contributed by atoms with Crippen LogP contribution in [-0.4, -0.2) is 157 Å². The van der Waals surface area contributed by atoms with Crippen molar-refractivity contribution in [3.8, 4) is 11.1 Å². The summed E-state index contributed by atoms with van der Waals surface area (Å²) >= 11 is 0. The molecule has 0 spiro atoms. The van der Waals surface area contributed by atoms with E-state index < -0.39 is 176 Å². The Labute approximate surface area is 477 Å². The van der Waals surface area contributed by atoms with Crippen LogP contribution in [0.3, 0.4) is 0 Å². The number of carbonyl (C=O) groups is 12. The minimum atomic E-state index is -1.76. The highest BCUT2D eigenvalue weighted by atomic mass is 19.1. The van der Waals surface area contributed by atoms with E-state index >= 15 is 4.39 Å². The van der Waals surface area contributed by atoms with E-state index in [0.29, 0.717) is 25.0 Å². The van der Waals surface area contributed by atoms with Gasteiger partial charge < -0.3 is 62.4 Å². The number of benzene rings is 2. The summed E-state index contributed by atoms with van der Waals surface area (Å²) in [6.07, 6.45) is 2.33. The first-order valence-corrected chi connectivity index (χ1v) is 26.7. The van der Waals surface area contributed by atoms with Crippen molar-refractivity contribution in [1.82, 2.24) is 46.3 Å². The lowest BCUT2D eigenvalue weighted by atomic mass is 9.82. The van der Waals surface area contributed by atoms with E-state index in [9.17, 15) is 72.1 Å². The molecule has 1 aliphatic heterocycles. The topological polar surface area (TPSA) is 375 Å². The molecule has 0 saturated carbocycles. The maximum Gasteiger partial charge on any atom is 0.326 e. The first kappa shape index (κ1) is 66.6. The van der Waals surface area contributed by atoms with Gasteiger partial charge in [-0.05, 0) is 74.8 Å². The normalized spacial score (nSPS) is 14.3. The fraction of sp³-hybridized carbons (Fsp3) is 0.464. The highest BCUT2D eigenvalue weighted by Gasteiger charge is 2.38. The molecule has 0 aliphatic carbocycles. The quantitative estimate of drug-likeness (QED) is 0.0301. The van der Waals surface area contributed by atoms with E-state index in [4.69, 9.17) is 10.8 Å². The number of nitrogens with two attached hydrogens (primary N) is 1. The molecule has 3 aromatic rings. The van der Waals surface area contributed by atoms with Crippen LogP contribution < -0.4 is 37.6 Å². The smallest absolute Gasteiger partial charge is 0.326 e. The van der Waals surface area contributed by atoms with Crippen molar-refractivity contribution < 1.29 is 81.6 Å². The van der Waals surface area contributed by atoms with E-state index in [0.717, 1.165) is 28.7 Å². The molecule has 4 rings (SSSR count). The second kappa shape index (κ2) is 31.4. The number of aliphatic carboxylic acids is 2. The zero-order valence-electron chi connectivity index (χ0n) is 46.7. The van der Waals surface area contributed by atoms with Crippen LogP contribution in [0.15, 0.2) is 72.9 Å². The Morgan fingerprint density at radius 2 is 1.33 bits per heavy atom. The molecule has 11 N–H and O–H groups in total. The van der Waals surface area contributed by atoms with Crippen LogP contribution in [0.1, 0.15) is 110 Å². The number of nitrogens with zero attached hydrogens (tertiary/aromatic N) is 3. The molecule has 27 heteroatoms. The largest absolute Gasteiger partial charge is 0.481 e. The third kappa shape index (κ3) is 20.9. The summed E-state index contributed by atoms with van der Waals surface area (Å²) in [5, 5.41) is 43.2. The van der Waals surface area contributed by atoms with Crippen LogP contribution >= 0.6 is 0 Å². The minimum absolute atomic E-state index is 0.00605. The SMILES string of the molecule is C[C@H](NC(=O)CCCCCN1C(=O)C=CC1=O)C(=O)N[C@@H](C)C(=O)N[C@@H](CC(=O)N[C@@H](CCN(C(=O)CO)[C@@H](c1cc(-c2cc(F)ccc2F)cn1Cc1ccccc1)C(C)(C)C)C(=O)NCCC(=O)N[C@@H](CCC(=O)O)C(=O)O)C(N)=O. The van der Waals surface area contributed by atoms with Crippen molar-refractivity contribution in [2.45, 2.75) is 135 Å². The molecule has 0 saturated heterocycles. The molecule has 1 aromatic heterocycles. The molecule has 83 heavy (non-hydrogen) atoms. The summed E-state index contributed by atoms with van der Waals surface area (Å²) in [7, 11) is 0. The summed E-state index contributed by atoms with van der Waals surface area (Å²) in [5.41, 5.74) is 5.99. The highest BCUT2D eigenvalue weighted by molar-refractivity contribution is 6.12. The Morgan fingerprint density at radius 1 is 0.699 bits per heavy atom. The van der Waals surface area contributed by atoms with E-state index in [2.05, 4.69) is 31.9 Å². The summed E-state index contributed by atoms with van der Waals surface area (Å²) in [4.78, 5) is 155. The summed E-state index contributed by atoms with van der Waals surface area (Å²) in [5.74, 6) is -12.4. The molecule has 6 atom stereocenters. The van der Waals surface area contributed by atoms with Gasteiger partial charge >= 0.3 is 11.9 Å². The number of hydrogen-bond donors (Lipinski definition) is 10. The highest BCUT2D eigenvalue weighted by Crippen LogP contribution is 2.41. The summed E-state index contributed by atoms with van der Waals surface area (Å²) in [6.45, 7) is 6.31. The number of rotatable bonds is 33. The van der Waals surface area contributed by atoms with Crippen LogP contribution in [-0.2, 0) is 64.1 Å². The van der Waals surface area contributed by atoms with Gasteiger partial charge in [-0.2, -0.15) is 0 Å². The molecule has 1 aliphatic rings. The molecule has 2 aromatic carbocycles. The fourth-order valence-corrected chi connectivity index (χ4v) is 8.98. The number of carboxylic acids is 2. The summed E-state index contributed by atoms with van der Waals surface area (Å²) in [6, 6.07) is 5.03. The molecular weight excluding hydrogens is 1090 g/mol. The predicted molar refractivity (Wildman–Crippen MR) is 292 cm³/mol. The lowest BCUT2D eigenvalue weighted by molar-refractivity contribution is -0.143. The van der Waals surface area contributed by atoms with Gasteiger partial charge in [0.2, 0.25) is 47.3 Å². The monoisotopic (exact) mass is 1160 g/mol. The van der Waals surface area contributed by atoms with Crippen molar-refractivity contribution >= 4 is 71.0 Å². The summed E-state index contributed by atoms with van der Waals surface area (Å²) < 4.78 is 31.7. The minimum Gasteiger partial charge on any atom is -0.481 e. The van der Waals surface area contributed by atoms with Gasteiger partial charge in [-0.1, -0.05) is 57.5 Å². The average Bonchev–Trinajstić information content (AvgIpc) is 4.06. The van der Waals surface area contributed by atoms with Gasteiger partial charge in [0.15, 0.2) is 0 Å². The third-order valence-corrected chi connectivity index (χ3v) is 13.2. The first-order chi connectivity index (χ1) is 39.1. The zero-order chi connectivity index (χ0) is 61.7. The molecule has 0 bridgehead atoms. The average molecular weight is 1160 g/mol. The Kier molecular flexibility index (Phi) is 25.2. The number of primary amides is 1. The van der Waals surface area contributed by atoms with Crippen molar-refractivity contribution in [2.24, 2.45) is 11.1 Å². The van der Waals surface area contributed by atoms with E-state index in [1.165, 1.54) is 30.9 Å². The number of carboxylic acid groups (broad SMARTS) is 2. The number of unbranched alkanes of at least 4 members (excludes halogenated alkanes) is 2. The standard InChI is InChI=1S/C56H72F2N10O15/c1-32(61-43(70)14-10-7-11-24-67-46(73)18-19-47(67)74)52(79)62-33(2)53(80)65-41(51(59)78)28-45(72)63-39(54(81)60-23-21-44(71)64-40(55(82)83)17-20-49(76)77)22-25-68(48(75)31-69)50(56(3,4)5)42-26-35(37-27-36(57)15-16-38(37)58)30-66(42)29-34-12-8-6-9-13-34/h6,8-9,12-13,15-16,18-19,26-27,30,32-33,39-41,50,69H,7,10-11,14,17,20-25,28-29,31H2,1-5H3,(H2,59,78)(H,60,81)(H,61,70)(H,62,79)(H,63,72)(H,64,71)(H,65,80)(H,76,77)(H,82,83)/t32-,33-,39-,40-,41-,50-/m0/s1. The Morgan fingerprint density at radius 3 is 1.94 bits per heavy atom. The number of nitrogens with one attached hydrogen (secondary N) is 6. The fourth-order valence-electron chi connectivity index (χ4n) is 8.98. The van der Waals surface area contributed by atoms with Crippen LogP contribution in [0.5, 0.6) is 0 Å². The molecule has 25 nitrogen and oxygen atoms in total. The van der Waals surface area contributed by atoms with Crippen molar-refractivity contribution in [2.75, 3.05) is 26.2 Å². The molecule has 0 unspecified atom stereocenters. The molecule has 450 valence electrons. The predicted octanol–water partition coefficient (Wildman–Crippen LogP) is 1.06. The third-order valence-electron chi connectivity index (χ3n) is 13.2. The number of carbonyl (C=O) groups excluding carboxylic acids is 10. The van der Waals surface area contributed by atoms with Gasteiger partial charge in [0.1, 0.15) is 48.5 Å². The lowest BCUT2D eigenvalue weighted by Gasteiger charge is -2.41. The van der Waals surface area contributed by atoms with Gasteiger partial charge in [-0.15, -0.1) is 0 Å². The van der Waals surface area contributed by atoms with Crippen LogP contribution in [0.2, 0.25) is 0 Å². The molecular formula is C56H72F2N10O15. The first-order valence-electron chi connectivity index (χ1n) is 26.7. The van der Waals surface area contributed by atoms with Gasteiger partial charge in [-0.25, -0.2) is 13.6 Å². The molecule has 0 fully saturated rings. The maximum absolute atomic E-state index is 15.4. The Hall–Kier alpha value is -8.88. The number of halogens is 2. The number of aliphatic hydroxyl groups is 1. The zero-order valence-corrected chi connectivity index (χ0v) is 46.7. The van der Waals surface area contributed by atoms with Gasteiger partial charge in [0.25, 0.3) is 11.8 Å². The second-order valence-electron chi connectivity index (χ2n) is 20.9. The number of amides is 10. The van der Waals surface area contributed by atoms with Crippen LogP contribution in [0.25, 0.3) is 11.1 Å². The van der Waals surface area contributed by atoms with Crippen molar-refractivity contribution in [3.63, 3.8) is 0 Å². The van der Waals surface area contributed by atoms with E-state index in [-0.39, 0.29) is 30.6 Å². The van der Waals surface area contributed by atoms with Gasteiger partial charge in [-0.3, -0.25) is 57.6 Å². The molecule has 2 heterocycles. The van der Waals surface area contributed by atoms with Crippen molar-refractivity contribution in [3.05, 3.63) is 95.8 Å². The number of aromatic nitrogens is 1. The van der Waals surface area contributed by atoms with Gasteiger partial charge in [0, 0.05) is 80.6 Å². The van der Waals surface area contributed by atoms with Crippen LogP contribution in [0.4, 0.5) is 8.78 Å². The Bertz CT molecular complexity index is 2890. The van der Waals surface area contributed by atoms with E-state index in [1.54, 1.807) is 55.8 Å². The Balaban J connectivity index is 1.54. The number of imide groups is 1. The molecule has 10 amide bonds. The second-order valence-corrected chi connectivity index (χ2v) is 20.9.